The number of nitrogens with one attached hydrogen (secondary N) is 3. The lowest BCUT2D eigenvalue weighted by Gasteiger charge is -2.43. The van der Waals surface area contributed by atoms with Crippen molar-refractivity contribution in [2.75, 3.05) is 88.3 Å². The van der Waals surface area contributed by atoms with Crippen molar-refractivity contribution >= 4 is 64.7 Å². The number of amides is 9. The number of benzene rings is 2. The van der Waals surface area contributed by atoms with Crippen molar-refractivity contribution in [3.05, 3.63) is 58.7 Å². The van der Waals surface area contributed by atoms with Crippen LogP contribution in [-0.2, 0) is 23.9 Å². The van der Waals surface area contributed by atoms with Crippen LogP contribution in [0.15, 0.2) is 36.4 Å². The van der Waals surface area contributed by atoms with Gasteiger partial charge in [-0.1, -0.05) is 0 Å². The van der Waals surface area contributed by atoms with Gasteiger partial charge in [0.1, 0.15) is 17.7 Å². The van der Waals surface area contributed by atoms with Crippen LogP contribution in [0, 0.1) is 0 Å². The van der Waals surface area contributed by atoms with Gasteiger partial charge in [-0.05, 0) is 109 Å². The number of ether oxygens (including phenoxy) is 1. The Hall–Kier alpha value is -6.25. The molecule has 368 valence electrons. The second-order valence-electron chi connectivity index (χ2n) is 20.1. The molecule has 2 aromatic rings. The molecule has 0 aliphatic carbocycles. The highest BCUT2D eigenvalue weighted by molar-refractivity contribution is 6.24. The SMILES string of the molecule is CC(C)(C)OC(=O)N1CCC(N2CCN(c3ccc4c(c3)C(=O)N(C3CCC(=O)NC3=O)C4=O)CC2)CC1.O=C1CCC(N2C(=O)c3ccc(N4CCN(C5CCNCC5)CC4)cc3C2=O)C(=O)N1. The second-order valence-corrected chi connectivity index (χ2v) is 20.1. The van der Waals surface area contributed by atoms with Crippen LogP contribution in [0.25, 0.3) is 0 Å². The van der Waals surface area contributed by atoms with Crippen LogP contribution in [0.1, 0.15) is 114 Å². The number of carbonyl (C=O) groups excluding carboxylic acids is 9. The fourth-order valence-electron chi connectivity index (χ4n) is 10.9. The number of nitrogens with zero attached hydrogens (tertiary/aromatic N) is 7. The molecule has 6 fully saturated rings. The summed E-state index contributed by atoms with van der Waals surface area (Å²) in [5, 5.41) is 7.86. The molecular formula is C49H62N10O10. The van der Waals surface area contributed by atoms with E-state index in [4.69, 9.17) is 4.74 Å². The zero-order valence-corrected chi connectivity index (χ0v) is 39.6. The highest BCUT2D eigenvalue weighted by Crippen LogP contribution is 2.33. The maximum Gasteiger partial charge on any atom is 0.410 e. The Labute approximate surface area is 400 Å². The first-order valence-corrected chi connectivity index (χ1v) is 24.4. The Morgan fingerprint density at radius 2 is 0.928 bits per heavy atom. The number of hydrogen-bond donors (Lipinski definition) is 3. The molecule has 0 bridgehead atoms. The summed E-state index contributed by atoms with van der Waals surface area (Å²) in [4.78, 5) is 125. The molecule has 69 heavy (non-hydrogen) atoms. The van der Waals surface area contributed by atoms with Gasteiger partial charge in [0, 0.05) is 102 Å². The molecular weight excluding hydrogens is 889 g/mol. The van der Waals surface area contributed by atoms with Crippen LogP contribution >= 0.6 is 0 Å². The molecule has 8 heterocycles. The molecule has 0 saturated carbocycles. The third-order valence-electron chi connectivity index (χ3n) is 14.7. The molecule has 20 heteroatoms. The number of piperidine rings is 4. The van der Waals surface area contributed by atoms with E-state index >= 15 is 0 Å². The van der Waals surface area contributed by atoms with E-state index in [1.165, 1.54) is 12.8 Å². The van der Waals surface area contributed by atoms with E-state index in [9.17, 15) is 43.2 Å². The van der Waals surface area contributed by atoms with Crippen LogP contribution in [0.5, 0.6) is 0 Å². The number of piperazine rings is 2. The molecule has 6 saturated heterocycles. The van der Waals surface area contributed by atoms with Gasteiger partial charge in [-0.15, -0.1) is 0 Å². The third kappa shape index (κ3) is 9.96. The van der Waals surface area contributed by atoms with E-state index in [2.05, 4.69) is 35.6 Å². The van der Waals surface area contributed by atoms with E-state index in [0.29, 0.717) is 47.4 Å². The highest BCUT2D eigenvalue weighted by atomic mass is 16.6. The Morgan fingerprint density at radius 1 is 0.522 bits per heavy atom. The number of imide groups is 4. The molecule has 2 atom stereocenters. The zero-order valence-electron chi connectivity index (χ0n) is 39.6. The quantitative estimate of drug-likeness (QED) is 0.350. The summed E-state index contributed by atoms with van der Waals surface area (Å²) in [6.07, 6.45) is 4.47. The van der Waals surface area contributed by atoms with Crippen LogP contribution in [-0.4, -0.2) is 186 Å². The van der Waals surface area contributed by atoms with E-state index in [0.717, 1.165) is 99.5 Å². The predicted molar refractivity (Wildman–Crippen MR) is 251 cm³/mol. The van der Waals surface area contributed by atoms with Crippen molar-refractivity contribution in [2.24, 2.45) is 0 Å². The summed E-state index contributed by atoms with van der Waals surface area (Å²) in [7, 11) is 0. The van der Waals surface area contributed by atoms with Gasteiger partial charge in [-0.25, -0.2) is 4.79 Å². The lowest BCUT2D eigenvalue weighted by Crippen LogP contribution is -2.54. The highest BCUT2D eigenvalue weighted by Gasteiger charge is 2.46. The Bertz CT molecular complexity index is 2430. The molecule has 10 rings (SSSR count). The average Bonchev–Trinajstić information content (AvgIpc) is 3.74. The van der Waals surface area contributed by atoms with Crippen molar-refractivity contribution in [1.82, 2.24) is 40.4 Å². The first-order chi connectivity index (χ1) is 33.0. The van der Waals surface area contributed by atoms with Gasteiger partial charge in [-0.3, -0.25) is 68.6 Å². The predicted octanol–water partition coefficient (Wildman–Crippen LogP) is 1.57. The molecule has 9 amide bonds. The number of hydrogen-bond acceptors (Lipinski definition) is 15. The normalized spacial score (nSPS) is 24.5. The zero-order chi connectivity index (χ0) is 48.7. The minimum atomic E-state index is -0.964. The van der Waals surface area contributed by atoms with E-state index in [1.807, 2.05) is 32.9 Å². The van der Waals surface area contributed by atoms with Gasteiger partial charge in [0.2, 0.25) is 23.6 Å². The summed E-state index contributed by atoms with van der Waals surface area (Å²) in [5.74, 6) is -3.85. The Kier molecular flexibility index (Phi) is 13.6. The topological polar surface area (TPSA) is 222 Å². The van der Waals surface area contributed by atoms with Gasteiger partial charge < -0.3 is 24.8 Å². The lowest BCUT2D eigenvalue weighted by atomic mass is 10.0. The van der Waals surface area contributed by atoms with Gasteiger partial charge in [0.05, 0.1) is 22.3 Å². The molecule has 20 nitrogen and oxygen atoms in total. The van der Waals surface area contributed by atoms with Crippen molar-refractivity contribution in [2.45, 2.75) is 102 Å². The lowest BCUT2D eigenvalue weighted by molar-refractivity contribution is -0.137. The van der Waals surface area contributed by atoms with Crippen LogP contribution < -0.4 is 25.8 Å². The summed E-state index contributed by atoms with van der Waals surface area (Å²) >= 11 is 0. The molecule has 8 aliphatic rings. The van der Waals surface area contributed by atoms with Crippen LogP contribution in [0.3, 0.4) is 0 Å². The van der Waals surface area contributed by atoms with Crippen molar-refractivity contribution in [1.29, 1.82) is 0 Å². The van der Waals surface area contributed by atoms with Gasteiger partial charge in [-0.2, -0.15) is 0 Å². The standard InChI is InChI=1S/C27H35N5O6.C22H27N5O4/c1-27(2,3)38-26(37)31-10-8-17(9-11-31)29-12-14-30(15-13-29)18-4-5-19-20(16-18)25(36)32(24(19)35)21-6-7-22(33)28-23(21)34;28-19-4-3-18(20(29)24-19)27-21(30)16-2-1-15(13-17(16)22(27)31)26-11-9-25(10-12-26)14-5-7-23-8-6-14/h4-5,16-17,21H,6-15H2,1-3H3,(H,28,33,34);1-2,13-14,18,23H,3-12H2,(H,24,28,29). The maximum absolute atomic E-state index is 13.2. The van der Waals surface area contributed by atoms with Crippen molar-refractivity contribution in [3.8, 4) is 0 Å². The average molecular weight is 951 g/mol. The van der Waals surface area contributed by atoms with Crippen LogP contribution in [0.2, 0.25) is 0 Å². The number of rotatable bonds is 6. The first kappa shape index (κ1) is 47.8. The fraction of sp³-hybridized carbons (Fsp3) is 0.571. The molecule has 0 spiro atoms. The summed E-state index contributed by atoms with van der Waals surface area (Å²) in [5.41, 5.74) is 2.56. The summed E-state index contributed by atoms with van der Waals surface area (Å²) in [6.45, 7) is 16.2. The van der Waals surface area contributed by atoms with Crippen molar-refractivity contribution in [3.63, 3.8) is 0 Å². The third-order valence-corrected chi connectivity index (χ3v) is 14.7. The number of anilines is 2. The maximum atomic E-state index is 13.2. The monoisotopic (exact) mass is 950 g/mol. The molecule has 2 unspecified atom stereocenters. The molecule has 0 aromatic heterocycles. The fourth-order valence-corrected chi connectivity index (χ4v) is 10.9. The van der Waals surface area contributed by atoms with Gasteiger partial charge in [0.15, 0.2) is 0 Å². The van der Waals surface area contributed by atoms with Gasteiger partial charge >= 0.3 is 6.09 Å². The van der Waals surface area contributed by atoms with Gasteiger partial charge in [0.25, 0.3) is 23.6 Å². The Morgan fingerprint density at radius 3 is 1.33 bits per heavy atom. The minimum absolute atomic E-state index is 0.0966. The summed E-state index contributed by atoms with van der Waals surface area (Å²) < 4.78 is 5.50. The van der Waals surface area contributed by atoms with Crippen LogP contribution in [0.4, 0.5) is 16.2 Å². The summed E-state index contributed by atoms with van der Waals surface area (Å²) in [6, 6.07) is 9.78. The number of fused-ring (bicyclic) bond motifs is 2. The largest absolute Gasteiger partial charge is 0.444 e. The molecule has 2 aromatic carbocycles. The minimum Gasteiger partial charge on any atom is -0.444 e. The molecule has 3 N–H and O–H groups in total. The molecule has 8 aliphatic heterocycles. The number of carbonyl (C=O) groups is 9. The Balaban J connectivity index is 0.000000175. The smallest absolute Gasteiger partial charge is 0.410 e. The van der Waals surface area contributed by atoms with E-state index in [1.54, 1.807) is 29.2 Å². The van der Waals surface area contributed by atoms with E-state index in [-0.39, 0.29) is 37.7 Å². The van der Waals surface area contributed by atoms with Crippen molar-refractivity contribution < 1.29 is 47.9 Å². The number of likely N-dealkylation sites (tertiary alicyclic amines) is 1. The first-order valence-electron chi connectivity index (χ1n) is 24.4. The van der Waals surface area contributed by atoms with E-state index < -0.39 is 59.0 Å². The second kappa shape index (κ2) is 19.6. The molecule has 0 radical (unpaired) electrons.